The smallest absolute Gasteiger partial charge is 0.277 e. The number of para-hydroxylation sites is 1. The molecule has 1 saturated heterocycles. The summed E-state index contributed by atoms with van der Waals surface area (Å²) < 4.78 is 5.46. The molecule has 144 valence electrons. The minimum Gasteiger partial charge on any atom is -0.358 e. The number of rotatable bonds is 4. The summed E-state index contributed by atoms with van der Waals surface area (Å²) in [4.78, 5) is 27.8. The van der Waals surface area contributed by atoms with Crippen molar-refractivity contribution in [3.63, 3.8) is 0 Å². The van der Waals surface area contributed by atoms with Crippen LogP contribution < -0.4 is 5.32 Å². The number of benzene rings is 1. The first kappa shape index (κ1) is 18.7. The molecule has 2 amide bonds. The van der Waals surface area contributed by atoms with Gasteiger partial charge in [-0.1, -0.05) is 35.0 Å². The van der Waals surface area contributed by atoms with Crippen LogP contribution in [0.4, 0.5) is 5.69 Å². The SMILES string of the molecule is O=C(Nc1ccccc1Cl)c1cc(C2CCCCN2C(=O)c2cccs2)on1. The van der Waals surface area contributed by atoms with Crippen LogP contribution in [0.15, 0.2) is 52.4 Å². The molecule has 1 N–H and O–H groups in total. The Hall–Kier alpha value is -2.64. The normalized spacial score (nSPS) is 16.8. The van der Waals surface area contributed by atoms with E-state index in [2.05, 4.69) is 10.5 Å². The second-order valence-electron chi connectivity index (χ2n) is 6.54. The third kappa shape index (κ3) is 3.81. The summed E-state index contributed by atoms with van der Waals surface area (Å²) in [6, 6.07) is 12.0. The van der Waals surface area contributed by atoms with Gasteiger partial charge in [-0.2, -0.15) is 0 Å². The maximum atomic E-state index is 12.8. The van der Waals surface area contributed by atoms with Crippen molar-refractivity contribution in [3.8, 4) is 0 Å². The second-order valence-corrected chi connectivity index (χ2v) is 7.89. The number of thiophene rings is 1. The largest absolute Gasteiger partial charge is 0.358 e. The fourth-order valence-corrected chi connectivity index (χ4v) is 4.18. The second kappa shape index (κ2) is 8.16. The van der Waals surface area contributed by atoms with Gasteiger partial charge >= 0.3 is 0 Å². The Kier molecular flexibility index (Phi) is 5.45. The average Bonchev–Trinajstić information content (AvgIpc) is 3.41. The zero-order chi connectivity index (χ0) is 19.5. The van der Waals surface area contributed by atoms with Crippen molar-refractivity contribution >= 4 is 40.4 Å². The molecule has 0 bridgehead atoms. The maximum Gasteiger partial charge on any atom is 0.277 e. The molecule has 1 aliphatic rings. The molecular formula is C20H18ClN3O3S. The number of anilines is 1. The average molecular weight is 416 g/mol. The summed E-state index contributed by atoms with van der Waals surface area (Å²) in [6.45, 7) is 0.656. The third-order valence-electron chi connectivity index (χ3n) is 4.71. The minimum atomic E-state index is -0.407. The van der Waals surface area contributed by atoms with Gasteiger partial charge in [0.2, 0.25) is 0 Å². The van der Waals surface area contributed by atoms with Crippen LogP contribution in [0.2, 0.25) is 5.02 Å². The van der Waals surface area contributed by atoms with Crippen LogP contribution in [0.1, 0.15) is 51.2 Å². The van der Waals surface area contributed by atoms with E-state index in [1.54, 1.807) is 30.3 Å². The molecule has 4 rings (SSSR count). The van der Waals surface area contributed by atoms with Crippen LogP contribution >= 0.6 is 22.9 Å². The Labute approximate surface area is 171 Å². The van der Waals surface area contributed by atoms with Crippen LogP contribution in [0.5, 0.6) is 0 Å². The third-order valence-corrected chi connectivity index (χ3v) is 5.89. The quantitative estimate of drug-likeness (QED) is 0.649. The molecule has 0 saturated carbocycles. The Morgan fingerprint density at radius 2 is 2.07 bits per heavy atom. The molecule has 1 atom stereocenters. The fourth-order valence-electron chi connectivity index (χ4n) is 3.31. The first-order valence-corrected chi connectivity index (χ1v) is 10.3. The molecule has 28 heavy (non-hydrogen) atoms. The predicted molar refractivity (Wildman–Crippen MR) is 108 cm³/mol. The van der Waals surface area contributed by atoms with Crippen molar-refractivity contribution in [2.24, 2.45) is 0 Å². The number of halogens is 1. The first-order valence-electron chi connectivity index (χ1n) is 9.00. The zero-order valence-electron chi connectivity index (χ0n) is 14.9. The van der Waals surface area contributed by atoms with Gasteiger partial charge in [0.25, 0.3) is 11.8 Å². The van der Waals surface area contributed by atoms with Gasteiger partial charge in [-0.05, 0) is 42.8 Å². The lowest BCUT2D eigenvalue weighted by atomic mass is 9.99. The standard InChI is InChI=1S/C20H18ClN3O3S/c21-13-6-1-2-7-14(13)22-19(25)15-12-17(27-23-15)16-8-3-4-10-24(16)20(26)18-9-5-11-28-18/h1-2,5-7,9,11-12,16H,3-4,8,10H2,(H,22,25). The van der Waals surface area contributed by atoms with Crippen LogP contribution in [0, 0.1) is 0 Å². The van der Waals surface area contributed by atoms with Crippen molar-refractivity contribution in [2.75, 3.05) is 11.9 Å². The molecule has 1 aromatic carbocycles. The molecule has 1 aliphatic heterocycles. The molecule has 0 spiro atoms. The van der Waals surface area contributed by atoms with E-state index in [-0.39, 0.29) is 17.6 Å². The molecular weight excluding hydrogens is 398 g/mol. The van der Waals surface area contributed by atoms with Gasteiger partial charge in [0.05, 0.1) is 21.6 Å². The zero-order valence-corrected chi connectivity index (χ0v) is 16.5. The van der Waals surface area contributed by atoms with Crippen molar-refractivity contribution in [1.29, 1.82) is 0 Å². The molecule has 3 aromatic rings. The lowest BCUT2D eigenvalue weighted by molar-refractivity contribution is 0.0575. The minimum absolute atomic E-state index is 0.0156. The highest BCUT2D eigenvalue weighted by Crippen LogP contribution is 2.33. The number of hydrogen-bond donors (Lipinski definition) is 1. The summed E-state index contributed by atoms with van der Waals surface area (Å²) in [7, 11) is 0. The molecule has 0 aliphatic carbocycles. The van der Waals surface area contributed by atoms with E-state index >= 15 is 0 Å². The summed E-state index contributed by atoms with van der Waals surface area (Å²) in [5, 5.41) is 8.97. The van der Waals surface area contributed by atoms with Gasteiger partial charge in [-0.25, -0.2) is 0 Å². The van der Waals surface area contributed by atoms with Crippen LogP contribution in [0.25, 0.3) is 0 Å². The topological polar surface area (TPSA) is 75.4 Å². The van der Waals surface area contributed by atoms with Gasteiger partial charge in [0.1, 0.15) is 0 Å². The van der Waals surface area contributed by atoms with Crippen molar-refractivity contribution in [1.82, 2.24) is 10.1 Å². The fraction of sp³-hybridized carbons (Fsp3) is 0.250. The van der Waals surface area contributed by atoms with Crippen LogP contribution in [-0.2, 0) is 0 Å². The van der Waals surface area contributed by atoms with Crippen molar-refractivity contribution in [3.05, 3.63) is 69.2 Å². The van der Waals surface area contributed by atoms with Crippen LogP contribution in [0.3, 0.4) is 0 Å². The number of likely N-dealkylation sites (tertiary alicyclic amines) is 1. The number of nitrogens with zero attached hydrogens (tertiary/aromatic N) is 2. The highest BCUT2D eigenvalue weighted by molar-refractivity contribution is 7.12. The number of piperidine rings is 1. The van der Waals surface area contributed by atoms with Gasteiger partial charge in [0, 0.05) is 12.6 Å². The lowest BCUT2D eigenvalue weighted by Crippen LogP contribution is -2.38. The number of hydrogen-bond acceptors (Lipinski definition) is 5. The van der Waals surface area contributed by atoms with Gasteiger partial charge in [0.15, 0.2) is 11.5 Å². The van der Waals surface area contributed by atoms with Gasteiger partial charge in [-0.3, -0.25) is 9.59 Å². The Morgan fingerprint density at radius 3 is 2.86 bits per heavy atom. The molecule has 0 radical (unpaired) electrons. The first-order chi connectivity index (χ1) is 13.6. The van der Waals surface area contributed by atoms with E-state index in [0.29, 0.717) is 27.9 Å². The highest BCUT2D eigenvalue weighted by atomic mass is 35.5. The van der Waals surface area contributed by atoms with E-state index in [0.717, 1.165) is 19.3 Å². The predicted octanol–water partition coefficient (Wildman–Crippen LogP) is 5.01. The number of carbonyl (C=O) groups is 2. The molecule has 2 aromatic heterocycles. The number of amides is 2. The van der Waals surface area contributed by atoms with E-state index < -0.39 is 5.91 Å². The monoisotopic (exact) mass is 415 g/mol. The summed E-state index contributed by atoms with van der Waals surface area (Å²) in [5.74, 6) is 0.0992. The molecule has 1 fully saturated rings. The number of carbonyl (C=O) groups excluding carboxylic acids is 2. The molecule has 6 nitrogen and oxygen atoms in total. The Balaban J connectivity index is 1.53. The van der Waals surface area contributed by atoms with E-state index in [1.807, 2.05) is 22.4 Å². The maximum absolute atomic E-state index is 12.8. The molecule has 3 heterocycles. The number of aromatic nitrogens is 1. The van der Waals surface area contributed by atoms with E-state index in [9.17, 15) is 9.59 Å². The van der Waals surface area contributed by atoms with Gasteiger partial charge in [-0.15, -0.1) is 11.3 Å². The Morgan fingerprint density at radius 1 is 1.21 bits per heavy atom. The lowest BCUT2D eigenvalue weighted by Gasteiger charge is -2.33. The highest BCUT2D eigenvalue weighted by Gasteiger charge is 2.32. The summed E-state index contributed by atoms with van der Waals surface area (Å²) in [5.41, 5.74) is 0.662. The summed E-state index contributed by atoms with van der Waals surface area (Å²) in [6.07, 6.45) is 2.71. The van der Waals surface area contributed by atoms with E-state index in [1.165, 1.54) is 11.3 Å². The summed E-state index contributed by atoms with van der Waals surface area (Å²) >= 11 is 7.50. The van der Waals surface area contributed by atoms with Crippen LogP contribution in [-0.4, -0.2) is 28.4 Å². The van der Waals surface area contributed by atoms with Crippen molar-refractivity contribution < 1.29 is 14.1 Å². The van der Waals surface area contributed by atoms with Crippen molar-refractivity contribution in [2.45, 2.75) is 25.3 Å². The van der Waals surface area contributed by atoms with E-state index in [4.69, 9.17) is 16.1 Å². The van der Waals surface area contributed by atoms with Gasteiger partial charge < -0.3 is 14.7 Å². The molecule has 1 unspecified atom stereocenters. The molecule has 8 heteroatoms. The Bertz CT molecular complexity index is 986. The number of nitrogens with one attached hydrogen (secondary N) is 1.